The highest BCUT2D eigenvalue weighted by Gasteiger charge is 2.35. The van der Waals surface area contributed by atoms with E-state index < -0.39 is 0 Å². The van der Waals surface area contributed by atoms with Crippen molar-refractivity contribution < 1.29 is 0 Å². The van der Waals surface area contributed by atoms with E-state index in [2.05, 4.69) is 54.2 Å². The summed E-state index contributed by atoms with van der Waals surface area (Å²) in [6.45, 7) is 9.54. The SMILES string of the molecule is CC1CN(C(CN)c2cncn2C(C)C)CC1N(C)C. The molecule has 0 amide bonds. The summed E-state index contributed by atoms with van der Waals surface area (Å²) >= 11 is 0. The zero-order valence-electron chi connectivity index (χ0n) is 13.5. The highest BCUT2D eigenvalue weighted by molar-refractivity contribution is 5.09. The molecule has 0 aromatic carbocycles. The minimum Gasteiger partial charge on any atom is -0.331 e. The van der Waals surface area contributed by atoms with E-state index in [9.17, 15) is 0 Å². The van der Waals surface area contributed by atoms with Gasteiger partial charge in [-0.25, -0.2) is 4.98 Å². The molecule has 20 heavy (non-hydrogen) atoms. The van der Waals surface area contributed by atoms with Gasteiger partial charge in [0.1, 0.15) is 0 Å². The van der Waals surface area contributed by atoms with E-state index in [0.29, 0.717) is 24.5 Å². The number of hydrogen-bond donors (Lipinski definition) is 1. The quantitative estimate of drug-likeness (QED) is 0.884. The van der Waals surface area contributed by atoms with Gasteiger partial charge in [0.2, 0.25) is 0 Å². The Kier molecular flexibility index (Phi) is 4.83. The van der Waals surface area contributed by atoms with Gasteiger partial charge in [-0.15, -0.1) is 0 Å². The molecule has 1 aromatic rings. The van der Waals surface area contributed by atoms with Crippen LogP contribution in [0.1, 0.15) is 38.5 Å². The fourth-order valence-corrected chi connectivity index (χ4v) is 3.37. The lowest BCUT2D eigenvalue weighted by Crippen LogP contribution is -2.37. The highest BCUT2D eigenvalue weighted by Crippen LogP contribution is 2.29. The van der Waals surface area contributed by atoms with Crippen LogP contribution in [0.15, 0.2) is 12.5 Å². The molecule has 0 spiro atoms. The number of likely N-dealkylation sites (tertiary alicyclic amines) is 1. The molecule has 3 unspecified atom stereocenters. The van der Waals surface area contributed by atoms with Crippen molar-refractivity contribution in [2.75, 3.05) is 33.7 Å². The molecule has 2 heterocycles. The largest absolute Gasteiger partial charge is 0.331 e. The van der Waals surface area contributed by atoms with Gasteiger partial charge in [-0.1, -0.05) is 6.92 Å². The Hall–Kier alpha value is -0.910. The minimum absolute atomic E-state index is 0.271. The molecule has 3 atom stereocenters. The van der Waals surface area contributed by atoms with E-state index in [0.717, 1.165) is 13.1 Å². The smallest absolute Gasteiger partial charge is 0.0951 e. The second-order valence-electron chi connectivity index (χ2n) is 6.53. The molecule has 1 aliphatic heterocycles. The Morgan fingerprint density at radius 2 is 2.10 bits per heavy atom. The van der Waals surface area contributed by atoms with Crippen LogP contribution in [0.5, 0.6) is 0 Å². The first kappa shape index (κ1) is 15.5. The van der Waals surface area contributed by atoms with Crippen molar-refractivity contribution in [3.63, 3.8) is 0 Å². The molecular weight excluding hydrogens is 250 g/mol. The van der Waals surface area contributed by atoms with Gasteiger partial charge in [0, 0.05) is 37.9 Å². The van der Waals surface area contributed by atoms with E-state index >= 15 is 0 Å². The lowest BCUT2D eigenvalue weighted by Gasteiger charge is -2.29. The summed E-state index contributed by atoms with van der Waals surface area (Å²) in [4.78, 5) is 9.18. The first-order chi connectivity index (χ1) is 9.45. The molecule has 114 valence electrons. The van der Waals surface area contributed by atoms with Gasteiger partial charge in [-0.05, 0) is 33.9 Å². The van der Waals surface area contributed by atoms with Crippen molar-refractivity contribution in [3.05, 3.63) is 18.2 Å². The van der Waals surface area contributed by atoms with Crippen LogP contribution in [-0.4, -0.2) is 59.1 Å². The molecule has 1 aliphatic rings. The van der Waals surface area contributed by atoms with Gasteiger partial charge in [-0.2, -0.15) is 0 Å². The summed E-state index contributed by atoms with van der Waals surface area (Å²) < 4.78 is 2.24. The third kappa shape index (κ3) is 2.90. The second kappa shape index (κ2) is 6.24. The Morgan fingerprint density at radius 3 is 2.60 bits per heavy atom. The minimum atomic E-state index is 0.271. The Labute approximate surface area is 122 Å². The predicted octanol–water partition coefficient (Wildman–Crippen LogP) is 1.35. The summed E-state index contributed by atoms with van der Waals surface area (Å²) in [7, 11) is 4.33. The fraction of sp³-hybridized carbons (Fsp3) is 0.800. The monoisotopic (exact) mass is 279 g/mol. The first-order valence-electron chi connectivity index (χ1n) is 7.58. The molecule has 5 heteroatoms. The summed E-state index contributed by atoms with van der Waals surface area (Å²) in [6, 6.07) is 1.30. The van der Waals surface area contributed by atoms with E-state index in [1.165, 1.54) is 5.69 Å². The number of imidazole rings is 1. The van der Waals surface area contributed by atoms with Crippen LogP contribution in [0, 0.1) is 5.92 Å². The third-order valence-electron chi connectivity index (χ3n) is 4.52. The number of nitrogens with two attached hydrogens (primary N) is 1. The maximum absolute atomic E-state index is 6.08. The summed E-state index contributed by atoms with van der Waals surface area (Å²) in [6.07, 6.45) is 3.90. The molecule has 2 rings (SSSR count). The molecule has 1 saturated heterocycles. The zero-order valence-corrected chi connectivity index (χ0v) is 13.5. The van der Waals surface area contributed by atoms with Gasteiger partial charge in [-0.3, -0.25) is 4.90 Å². The molecule has 2 N–H and O–H groups in total. The lowest BCUT2D eigenvalue weighted by atomic mass is 10.1. The summed E-state index contributed by atoms with van der Waals surface area (Å²) in [5.41, 5.74) is 7.33. The van der Waals surface area contributed by atoms with E-state index in [1.54, 1.807) is 0 Å². The van der Waals surface area contributed by atoms with Crippen molar-refractivity contribution in [2.45, 2.75) is 38.9 Å². The van der Waals surface area contributed by atoms with Crippen LogP contribution in [0.2, 0.25) is 0 Å². The molecule has 1 fully saturated rings. The van der Waals surface area contributed by atoms with Crippen LogP contribution in [0.4, 0.5) is 0 Å². The number of likely N-dealkylation sites (N-methyl/N-ethyl adjacent to an activating group) is 1. The standard InChI is InChI=1S/C15H29N5/c1-11(2)20-10-17-7-14(20)13(6-16)19-8-12(3)15(9-19)18(4)5/h7,10-13,15H,6,8-9,16H2,1-5H3. The molecule has 0 aliphatic carbocycles. The van der Waals surface area contributed by atoms with Crippen LogP contribution in [-0.2, 0) is 0 Å². The van der Waals surface area contributed by atoms with Crippen molar-refractivity contribution in [2.24, 2.45) is 11.7 Å². The van der Waals surface area contributed by atoms with E-state index in [4.69, 9.17) is 5.73 Å². The third-order valence-corrected chi connectivity index (χ3v) is 4.52. The molecular formula is C15H29N5. The topological polar surface area (TPSA) is 50.3 Å². The highest BCUT2D eigenvalue weighted by atomic mass is 15.3. The van der Waals surface area contributed by atoms with Crippen molar-refractivity contribution >= 4 is 0 Å². The lowest BCUT2D eigenvalue weighted by molar-refractivity contribution is 0.212. The van der Waals surface area contributed by atoms with Crippen LogP contribution in [0.3, 0.4) is 0 Å². The van der Waals surface area contributed by atoms with Gasteiger partial charge in [0.05, 0.1) is 18.1 Å². The van der Waals surface area contributed by atoms with Crippen LogP contribution < -0.4 is 5.73 Å². The average molecular weight is 279 g/mol. The normalized spacial score (nSPS) is 25.8. The van der Waals surface area contributed by atoms with Gasteiger partial charge < -0.3 is 15.2 Å². The van der Waals surface area contributed by atoms with Crippen LogP contribution >= 0.6 is 0 Å². The van der Waals surface area contributed by atoms with Crippen molar-refractivity contribution in [1.82, 2.24) is 19.4 Å². The maximum atomic E-state index is 6.08. The fourth-order valence-electron chi connectivity index (χ4n) is 3.37. The van der Waals surface area contributed by atoms with Gasteiger partial charge >= 0.3 is 0 Å². The molecule has 0 bridgehead atoms. The Bertz CT molecular complexity index is 426. The molecule has 0 saturated carbocycles. The van der Waals surface area contributed by atoms with Crippen LogP contribution in [0.25, 0.3) is 0 Å². The van der Waals surface area contributed by atoms with Crippen molar-refractivity contribution in [3.8, 4) is 0 Å². The van der Waals surface area contributed by atoms with Crippen molar-refractivity contribution in [1.29, 1.82) is 0 Å². The maximum Gasteiger partial charge on any atom is 0.0951 e. The van der Waals surface area contributed by atoms with Gasteiger partial charge in [0.25, 0.3) is 0 Å². The Morgan fingerprint density at radius 1 is 1.40 bits per heavy atom. The zero-order chi connectivity index (χ0) is 14.9. The van der Waals surface area contributed by atoms with Gasteiger partial charge in [0.15, 0.2) is 0 Å². The predicted molar refractivity (Wildman–Crippen MR) is 82.6 cm³/mol. The number of aromatic nitrogens is 2. The number of rotatable bonds is 5. The molecule has 5 nitrogen and oxygen atoms in total. The molecule has 1 aromatic heterocycles. The molecule has 0 radical (unpaired) electrons. The Balaban J connectivity index is 2.19. The average Bonchev–Trinajstić information content (AvgIpc) is 2.97. The summed E-state index contributed by atoms with van der Waals surface area (Å²) in [5.74, 6) is 0.675. The van der Waals surface area contributed by atoms with E-state index in [-0.39, 0.29) is 6.04 Å². The number of hydrogen-bond acceptors (Lipinski definition) is 4. The summed E-state index contributed by atoms with van der Waals surface area (Å²) in [5, 5.41) is 0. The number of nitrogens with zero attached hydrogens (tertiary/aromatic N) is 4. The second-order valence-corrected chi connectivity index (χ2v) is 6.53. The first-order valence-corrected chi connectivity index (χ1v) is 7.58. The van der Waals surface area contributed by atoms with E-state index in [1.807, 2.05) is 12.5 Å².